The van der Waals surface area contributed by atoms with Gasteiger partial charge in [-0.05, 0) is 59.3 Å². The third-order valence-corrected chi connectivity index (χ3v) is 7.87. The average molecular weight is 541 g/mol. The lowest BCUT2D eigenvalue weighted by atomic mass is 9.84. The van der Waals surface area contributed by atoms with Crippen molar-refractivity contribution >= 4 is 52.2 Å². The number of para-hydroxylation sites is 1. The minimum atomic E-state index is -0.297. The third-order valence-electron chi connectivity index (χ3n) is 6.08. The number of nitrogens with zero attached hydrogens (tertiary/aromatic N) is 4. The third kappa shape index (κ3) is 4.48. The van der Waals surface area contributed by atoms with Crippen LogP contribution in [-0.2, 0) is 4.79 Å². The largest absolute Gasteiger partial charge is 0.284 e. The van der Waals surface area contributed by atoms with Crippen molar-refractivity contribution in [1.82, 2.24) is 14.8 Å². The number of allylic oxidation sites excluding steroid dienone is 5. The molecule has 0 fully saturated rings. The van der Waals surface area contributed by atoms with E-state index in [-0.39, 0.29) is 11.8 Å². The number of carbonyl (C=O) groups excluding carboxylic acids is 1. The fourth-order valence-corrected chi connectivity index (χ4v) is 5.73. The minimum Gasteiger partial charge on any atom is -0.270 e. The van der Waals surface area contributed by atoms with Gasteiger partial charge in [-0.15, -0.1) is 10.2 Å². The normalized spacial score (nSPS) is 16.6. The second-order valence-corrected chi connectivity index (χ2v) is 10.2. The van der Waals surface area contributed by atoms with Gasteiger partial charge in [0.15, 0.2) is 5.82 Å². The number of fused-ring (bicyclic) bond motifs is 1. The number of benzene rings is 3. The molecule has 0 spiro atoms. The van der Waals surface area contributed by atoms with E-state index < -0.39 is 0 Å². The molecule has 0 saturated carbocycles. The Hall–Kier alpha value is -3.71. The molecule has 0 N–H and O–H groups in total. The smallest absolute Gasteiger partial charge is 0.270 e. The Kier molecular flexibility index (Phi) is 6.38. The molecule has 1 aromatic heterocycles. The number of thioether (sulfide) groups is 1. The van der Waals surface area contributed by atoms with Crippen molar-refractivity contribution in [3.8, 4) is 17.1 Å². The molecule has 0 bridgehead atoms. The van der Waals surface area contributed by atoms with E-state index in [9.17, 15) is 4.79 Å². The van der Waals surface area contributed by atoms with Gasteiger partial charge in [0.2, 0.25) is 5.16 Å². The summed E-state index contributed by atoms with van der Waals surface area (Å²) in [5.74, 6) is 0.158. The lowest BCUT2D eigenvalue weighted by Gasteiger charge is -2.26. The molecular formula is C29H18Cl2N4OS. The summed E-state index contributed by atoms with van der Waals surface area (Å²) in [6.45, 7) is 0. The van der Waals surface area contributed by atoms with Crippen LogP contribution in [0.3, 0.4) is 0 Å². The van der Waals surface area contributed by atoms with Gasteiger partial charge in [-0.1, -0.05) is 90.0 Å². The molecule has 5 nitrogen and oxygen atoms in total. The van der Waals surface area contributed by atoms with Gasteiger partial charge in [-0.25, -0.2) is 4.99 Å². The average Bonchev–Trinajstić information content (AvgIpc) is 3.35. The molecule has 37 heavy (non-hydrogen) atoms. The van der Waals surface area contributed by atoms with E-state index in [0.717, 1.165) is 28.1 Å². The molecule has 1 aliphatic heterocycles. The van der Waals surface area contributed by atoms with Gasteiger partial charge in [0.25, 0.3) is 5.91 Å². The van der Waals surface area contributed by atoms with Gasteiger partial charge < -0.3 is 0 Å². The van der Waals surface area contributed by atoms with Crippen molar-refractivity contribution in [1.29, 1.82) is 0 Å². The molecule has 1 unspecified atom stereocenters. The predicted molar refractivity (Wildman–Crippen MR) is 150 cm³/mol. The number of rotatable bonds is 5. The Morgan fingerprint density at radius 2 is 1.57 bits per heavy atom. The fourth-order valence-electron chi connectivity index (χ4n) is 4.39. The van der Waals surface area contributed by atoms with E-state index in [0.29, 0.717) is 25.9 Å². The number of aromatic nitrogens is 3. The summed E-state index contributed by atoms with van der Waals surface area (Å²) in [4.78, 5) is 18.4. The minimum absolute atomic E-state index is 0.129. The van der Waals surface area contributed by atoms with Crippen molar-refractivity contribution in [3.05, 3.63) is 124 Å². The molecule has 2 aliphatic rings. The maximum atomic E-state index is 13.4. The number of halogens is 2. The number of aliphatic imine (C=N–C) groups is 1. The van der Waals surface area contributed by atoms with Crippen molar-refractivity contribution in [2.75, 3.05) is 0 Å². The van der Waals surface area contributed by atoms with Crippen LogP contribution in [0, 0.1) is 5.92 Å². The summed E-state index contributed by atoms with van der Waals surface area (Å²) in [5.41, 5.74) is 4.21. The van der Waals surface area contributed by atoms with Crippen LogP contribution in [0.15, 0.2) is 118 Å². The van der Waals surface area contributed by atoms with E-state index >= 15 is 0 Å². The first-order valence-electron chi connectivity index (χ1n) is 11.5. The second-order valence-electron chi connectivity index (χ2n) is 8.38. The van der Waals surface area contributed by atoms with Gasteiger partial charge in [-0.3, -0.25) is 9.36 Å². The van der Waals surface area contributed by atoms with Crippen molar-refractivity contribution < 1.29 is 4.79 Å². The van der Waals surface area contributed by atoms with Gasteiger partial charge in [0.05, 0.1) is 20.7 Å². The molecule has 1 aliphatic carbocycles. The van der Waals surface area contributed by atoms with Crippen LogP contribution in [0.5, 0.6) is 0 Å². The molecule has 0 saturated heterocycles. The number of hydrogen-bond donors (Lipinski definition) is 0. The van der Waals surface area contributed by atoms with Crippen LogP contribution >= 0.6 is 35.0 Å². The highest BCUT2D eigenvalue weighted by molar-refractivity contribution is 8.04. The predicted octanol–water partition coefficient (Wildman–Crippen LogP) is 7.47. The highest BCUT2D eigenvalue weighted by Gasteiger charge is 2.33. The Labute approximate surface area is 227 Å². The van der Waals surface area contributed by atoms with Crippen LogP contribution in [-0.4, -0.2) is 26.4 Å². The highest BCUT2D eigenvalue weighted by Crippen LogP contribution is 2.43. The summed E-state index contributed by atoms with van der Waals surface area (Å²) in [6, 6.07) is 25.0. The van der Waals surface area contributed by atoms with Crippen LogP contribution < -0.4 is 0 Å². The summed E-state index contributed by atoms with van der Waals surface area (Å²) < 4.78 is 1.92. The van der Waals surface area contributed by atoms with Crippen LogP contribution in [0.2, 0.25) is 10.0 Å². The molecule has 8 heteroatoms. The highest BCUT2D eigenvalue weighted by atomic mass is 35.5. The summed E-state index contributed by atoms with van der Waals surface area (Å²) in [5, 5.41) is 10.4. The van der Waals surface area contributed by atoms with Gasteiger partial charge >= 0.3 is 0 Å². The number of amides is 1. The van der Waals surface area contributed by atoms with Crippen molar-refractivity contribution in [2.24, 2.45) is 10.9 Å². The molecule has 4 aromatic rings. The second kappa shape index (κ2) is 9.98. The van der Waals surface area contributed by atoms with E-state index in [1.807, 2.05) is 89.5 Å². The number of carbonyl (C=O) groups is 1. The summed E-state index contributed by atoms with van der Waals surface area (Å²) >= 11 is 13.8. The Morgan fingerprint density at radius 3 is 2.32 bits per heavy atom. The first kappa shape index (κ1) is 23.7. The zero-order chi connectivity index (χ0) is 25.4. The fraction of sp³-hybridized carbons (Fsp3) is 0.0345. The van der Waals surface area contributed by atoms with Crippen LogP contribution in [0.1, 0.15) is 5.56 Å². The SMILES string of the molecule is O=C1N=C2C=CC=CC2C(c2ccccc2)=C1Sc1nnc(-c2ccc(Cl)c(Cl)c2)n1-c1ccccc1. The first-order chi connectivity index (χ1) is 18.1. The van der Waals surface area contributed by atoms with Crippen molar-refractivity contribution in [3.63, 3.8) is 0 Å². The van der Waals surface area contributed by atoms with Gasteiger partial charge in [-0.2, -0.15) is 0 Å². The Balaban J connectivity index is 1.53. The Bertz CT molecular complexity index is 1640. The molecule has 1 atom stereocenters. The molecule has 180 valence electrons. The summed E-state index contributed by atoms with van der Waals surface area (Å²) in [7, 11) is 0. The van der Waals surface area contributed by atoms with E-state index in [2.05, 4.69) is 21.3 Å². The van der Waals surface area contributed by atoms with E-state index in [1.165, 1.54) is 11.8 Å². The first-order valence-corrected chi connectivity index (χ1v) is 13.1. The maximum absolute atomic E-state index is 13.4. The Morgan fingerprint density at radius 1 is 0.811 bits per heavy atom. The molecule has 0 radical (unpaired) electrons. The monoisotopic (exact) mass is 540 g/mol. The van der Waals surface area contributed by atoms with E-state index in [4.69, 9.17) is 23.2 Å². The molecule has 2 heterocycles. The van der Waals surface area contributed by atoms with Crippen LogP contribution in [0.25, 0.3) is 22.6 Å². The van der Waals surface area contributed by atoms with Crippen LogP contribution in [0.4, 0.5) is 0 Å². The quantitative estimate of drug-likeness (QED) is 0.263. The zero-order valence-electron chi connectivity index (χ0n) is 19.3. The van der Waals surface area contributed by atoms with Crippen molar-refractivity contribution in [2.45, 2.75) is 5.16 Å². The molecular weight excluding hydrogens is 523 g/mol. The number of hydrogen-bond acceptors (Lipinski definition) is 4. The number of dihydropyridines is 1. The topological polar surface area (TPSA) is 60.1 Å². The lowest BCUT2D eigenvalue weighted by molar-refractivity contribution is -0.113. The molecule has 3 aromatic carbocycles. The maximum Gasteiger partial charge on any atom is 0.284 e. The standard InChI is InChI=1S/C29H18Cl2N4OS/c30-22-16-15-19(17-23(22)31)27-33-34-29(35(27)20-11-5-2-6-12-20)37-26-25(18-9-3-1-4-10-18)21-13-7-8-14-24(21)32-28(26)36/h1-17,21H. The molecule has 1 amide bonds. The summed E-state index contributed by atoms with van der Waals surface area (Å²) in [6.07, 6.45) is 7.84. The van der Waals surface area contributed by atoms with Gasteiger partial charge in [0, 0.05) is 17.2 Å². The van der Waals surface area contributed by atoms with Gasteiger partial charge in [0.1, 0.15) is 0 Å². The zero-order valence-corrected chi connectivity index (χ0v) is 21.6. The molecule has 6 rings (SSSR count). The lowest BCUT2D eigenvalue weighted by Crippen LogP contribution is -2.23. The van der Waals surface area contributed by atoms with E-state index in [1.54, 1.807) is 12.1 Å².